The Hall–Kier alpha value is -4.15. The number of anilines is 1. The standard InChI is InChI=1S/C36H40FN3O4S2/c1-26(2)23-38-36(42)34(22-28-8-6-5-7-9-28)39(24-29-12-14-30(37)15-13-29)35(41)25-40(31-16-10-27(3)11-17-31)46(43,44)33-20-18-32(45-4)19-21-33/h5-21,26,34H,22-25H2,1-4H3,(H,38,42). The minimum absolute atomic E-state index is 0.0318. The molecule has 0 bridgehead atoms. The maximum atomic E-state index is 14.5. The Morgan fingerprint density at radius 3 is 2.07 bits per heavy atom. The highest BCUT2D eigenvalue weighted by atomic mass is 32.2. The minimum atomic E-state index is -4.20. The summed E-state index contributed by atoms with van der Waals surface area (Å²) in [6, 6.07) is 27.5. The average Bonchev–Trinajstić information content (AvgIpc) is 3.05. The number of nitrogens with one attached hydrogen (secondary N) is 1. The lowest BCUT2D eigenvalue weighted by molar-refractivity contribution is -0.140. The molecule has 0 aliphatic rings. The normalized spacial score (nSPS) is 12.0. The van der Waals surface area contributed by atoms with E-state index in [0.717, 1.165) is 20.3 Å². The number of rotatable bonds is 14. The van der Waals surface area contributed by atoms with Gasteiger partial charge in [0, 0.05) is 24.4 Å². The van der Waals surface area contributed by atoms with E-state index in [4.69, 9.17) is 0 Å². The van der Waals surface area contributed by atoms with Crippen molar-refractivity contribution in [1.29, 1.82) is 0 Å². The number of halogens is 1. The monoisotopic (exact) mass is 661 g/mol. The van der Waals surface area contributed by atoms with E-state index >= 15 is 0 Å². The minimum Gasteiger partial charge on any atom is -0.354 e. The first-order valence-electron chi connectivity index (χ1n) is 15.1. The van der Waals surface area contributed by atoms with Gasteiger partial charge in [0.2, 0.25) is 11.8 Å². The number of benzene rings is 4. The molecule has 0 spiro atoms. The van der Waals surface area contributed by atoms with Crippen molar-refractivity contribution >= 4 is 39.3 Å². The van der Waals surface area contributed by atoms with Gasteiger partial charge in [-0.05, 0) is 78.8 Å². The van der Waals surface area contributed by atoms with Gasteiger partial charge in [0.1, 0.15) is 18.4 Å². The molecule has 242 valence electrons. The summed E-state index contributed by atoms with van der Waals surface area (Å²) in [7, 11) is -4.20. The van der Waals surface area contributed by atoms with Crippen LogP contribution in [0.5, 0.6) is 0 Å². The zero-order valence-electron chi connectivity index (χ0n) is 26.5. The van der Waals surface area contributed by atoms with Gasteiger partial charge in [-0.2, -0.15) is 0 Å². The highest BCUT2D eigenvalue weighted by Gasteiger charge is 2.34. The number of hydrogen-bond donors (Lipinski definition) is 1. The number of nitrogens with zero attached hydrogens (tertiary/aromatic N) is 2. The summed E-state index contributed by atoms with van der Waals surface area (Å²) in [6.07, 6.45) is 2.10. The highest BCUT2D eigenvalue weighted by molar-refractivity contribution is 7.98. The fourth-order valence-corrected chi connectivity index (χ4v) is 6.70. The topological polar surface area (TPSA) is 86.8 Å². The van der Waals surface area contributed by atoms with Crippen LogP contribution in [0.25, 0.3) is 0 Å². The Morgan fingerprint density at radius 2 is 1.48 bits per heavy atom. The van der Waals surface area contributed by atoms with Crippen molar-refractivity contribution in [1.82, 2.24) is 10.2 Å². The number of carbonyl (C=O) groups excluding carboxylic acids is 2. The van der Waals surface area contributed by atoms with Gasteiger partial charge in [-0.15, -0.1) is 11.8 Å². The van der Waals surface area contributed by atoms with Crippen molar-refractivity contribution < 1.29 is 22.4 Å². The summed E-state index contributed by atoms with van der Waals surface area (Å²) in [4.78, 5) is 30.6. The Morgan fingerprint density at radius 1 is 0.848 bits per heavy atom. The molecule has 46 heavy (non-hydrogen) atoms. The quantitative estimate of drug-likeness (QED) is 0.157. The lowest BCUT2D eigenvalue weighted by atomic mass is 10.0. The molecule has 0 aromatic heterocycles. The molecule has 1 unspecified atom stereocenters. The third-order valence-electron chi connectivity index (χ3n) is 7.47. The molecule has 0 saturated carbocycles. The zero-order valence-corrected chi connectivity index (χ0v) is 28.2. The van der Waals surface area contributed by atoms with Crippen LogP contribution >= 0.6 is 11.8 Å². The van der Waals surface area contributed by atoms with Crippen LogP contribution in [-0.2, 0) is 32.6 Å². The van der Waals surface area contributed by atoms with Crippen LogP contribution in [0.4, 0.5) is 10.1 Å². The lowest BCUT2D eigenvalue weighted by Crippen LogP contribution is -2.53. The van der Waals surface area contributed by atoms with Crippen LogP contribution in [-0.4, -0.2) is 50.5 Å². The molecule has 10 heteroatoms. The van der Waals surface area contributed by atoms with E-state index in [1.165, 1.54) is 40.9 Å². The lowest BCUT2D eigenvalue weighted by Gasteiger charge is -2.34. The fourth-order valence-electron chi connectivity index (χ4n) is 4.88. The molecule has 0 radical (unpaired) electrons. The van der Waals surface area contributed by atoms with Gasteiger partial charge < -0.3 is 10.2 Å². The summed E-state index contributed by atoms with van der Waals surface area (Å²) in [5.74, 6) is -1.19. The van der Waals surface area contributed by atoms with E-state index in [1.54, 1.807) is 48.5 Å². The second kappa shape index (κ2) is 15.9. The van der Waals surface area contributed by atoms with E-state index in [9.17, 15) is 22.4 Å². The second-order valence-corrected chi connectivity index (χ2v) is 14.3. The average molecular weight is 662 g/mol. The van der Waals surface area contributed by atoms with Crippen molar-refractivity contribution in [3.63, 3.8) is 0 Å². The largest absolute Gasteiger partial charge is 0.354 e. The van der Waals surface area contributed by atoms with Crippen LogP contribution in [0.2, 0.25) is 0 Å². The Labute approximate surface area is 275 Å². The van der Waals surface area contributed by atoms with Crippen LogP contribution in [0.3, 0.4) is 0 Å². The fraction of sp³-hybridized carbons (Fsp3) is 0.278. The first-order valence-corrected chi connectivity index (χ1v) is 17.7. The number of thioether (sulfide) groups is 1. The van der Waals surface area contributed by atoms with Crippen LogP contribution < -0.4 is 9.62 Å². The molecule has 7 nitrogen and oxygen atoms in total. The van der Waals surface area contributed by atoms with Crippen molar-refractivity contribution in [2.24, 2.45) is 5.92 Å². The van der Waals surface area contributed by atoms with Crippen molar-refractivity contribution in [2.45, 2.75) is 49.6 Å². The Balaban J connectivity index is 1.79. The van der Waals surface area contributed by atoms with E-state index in [1.807, 2.05) is 57.4 Å². The summed E-state index contributed by atoms with van der Waals surface area (Å²) in [5.41, 5.74) is 2.68. The number of sulfonamides is 1. The van der Waals surface area contributed by atoms with E-state index in [0.29, 0.717) is 17.8 Å². The highest BCUT2D eigenvalue weighted by Crippen LogP contribution is 2.27. The van der Waals surface area contributed by atoms with Crippen molar-refractivity contribution in [2.75, 3.05) is 23.7 Å². The maximum Gasteiger partial charge on any atom is 0.264 e. The number of amides is 2. The summed E-state index contributed by atoms with van der Waals surface area (Å²) in [6.45, 7) is 5.66. The third-order valence-corrected chi connectivity index (χ3v) is 10.0. The molecule has 0 aliphatic heterocycles. The summed E-state index contributed by atoms with van der Waals surface area (Å²) in [5, 5.41) is 2.96. The molecule has 1 N–H and O–H groups in total. The molecule has 4 aromatic rings. The van der Waals surface area contributed by atoms with Gasteiger partial charge in [0.05, 0.1) is 10.6 Å². The molecule has 0 fully saturated rings. The van der Waals surface area contributed by atoms with Gasteiger partial charge in [0.25, 0.3) is 10.0 Å². The molecular formula is C36H40FN3O4S2. The molecule has 0 heterocycles. The molecule has 4 rings (SSSR count). The summed E-state index contributed by atoms with van der Waals surface area (Å²) < 4.78 is 43.3. The maximum absolute atomic E-state index is 14.5. The first kappa shape index (κ1) is 34.7. The Bertz CT molecular complexity index is 1700. The Kier molecular flexibility index (Phi) is 12.0. The molecule has 0 saturated heterocycles. The second-order valence-electron chi connectivity index (χ2n) is 11.5. The molecule has 4 aromatic carbocycles. The van der Waals surface area contributed by atoms with E-state index < -0.39 is 34.3 Å². The predicted molar refractivity (Wildman–Crippen MR) is 183 cm³/mol. The zero-order chi connectivity index (χ0) is 33.3. The van der Waals surface area contributed by atoms with Crippen LogP contribution in [0, 0.1) is 18.7 Å². The van der Waals surface area contributed by atoms with Gasteiger partial charge in [-0.25, -0.2) is 12.8 Å². The SMILES string of the molecule is CSc1ccc(S(=O)(=O)N(CC(=O)N(Cc2ccc(F)cc2)C(Cc2ccccc2)C(=O)NCC(C)C)c2ccc(C)cc2)cc1. The van der Waals surface area contributed by atoms with Crippen molar-refractivity contribution in [3.8, 4) is 0 Å². The van der Waals surface area contributed by atoms with Gasteiger partial charge >= 0.3 is 0 Å². The van der Waals surface area contributed by atoms with Gasteiger partial charge in [-0.3, -0.25) is 13.9 Å². The van der Waals surface area contributed by atoms with Gasteiger partial charge in [-0.1, -0.05) is 74.0 Å². The molecule has 0 aliphatic carbocycles. The van der Waals surface area contributed by atoms with Crippen LogP contribution in [0.1, 0.15) is 30.5 Å². The van der Waals surface area contributed by atoms with E-state index in [-0.39, 0.29) is 29.7 Å². The third kappa shape index (κ3) is 9.20. The van der Waals surface area contributed by atoms with Gasteiger partial charge in [0.15, 0.2) is 0 Å². The van der Waals surface area contributed by atoms with E-state index in [2.05, 4.69) is 5.32 Å². The van der Waals surface area contributed by atoms with Crippen molar-refractivity contribution in [3.05, 3.63) is 126 Å². The number of aryl methyl sites for hydroxylation is 1. The molecular weight excluding hydrogens is 622 g/mol. The molecule has 1 atom stereocenters. The number of hydrogen-bond acceptors (Lipinski definition) is 5. The summed E-state index contributed by atoms with van der Waals surface area (Å²) >= 11 is 1.49. The predicted octanol–water partition coefficient (Wildman–Crippen LogP) is 6.46. The smallest absolute Gasteiger partial charge is 0.264 e. The number of carbonyl (C=O) groups is 2. The van der Waals surface area contributed by atoms with Crippen LogP contribution in [0.15, 0.2) is 113 Å². The first-order chi connectivity index (χ1) is 22.0. The molecule has 2 amide bonds.